The Kier molecular flexibility index (Phi) is 3.64. The molecular formula is C14H16FN3O. The molecule has 1 amide bonds. The van der Waals surface area contributed by atoms with Crippen molar-refractivity contribution < 1.29 is 9.18 Å². The first-order valence-corrected chi connectivity index (χ1v) is 6.12. The number of carbonyl (C=O) groups is 1. The fourth-order valence-corrected chi connectivity index (χ4v) is 1.83. The number of halogens is 1. The van der Waals surface area contributed by atoms with Gasteiger partial charge in [-0.25, -0.2) is 4.39 Å². The average molecular weight is 261 g/mol. The van der Waals surface area contributed by atoms with E-state index < -0.39 is 5.82 Å². The molecule has 1 aromatic heterocycles. The third-order valence-electron chi connectivity index (χ3n) is 2.89. The molecule has 19 heavy (non-hydrogen) atoms. The summed E-state index contributed by atoms with van der Waals surface area (Å²) < 4.78 is 15.3. The van der Waals surface area contributed by atoms with Crippen LogP contribution in [0.2, 0.25) is 0 Å². The van der Waals surface area contributed by atoms with Crippen molar-refractivity contribution in [3.8, 4) is 0 Å². The molecule has 0 bridgehead atoms. The molecule has 1 aromatic carbocycles. The van der Waals surface area contributed by atoms with Crippen LogP contribution in [-0.4, -0.2) is 15.7 Å². The molecule has 0 atom stereocenters. The Morgan fingerprint density at radius 3 is 2.79 bits per heavy atom. The maximum Gasteiger partial charge on any atom is 0.259 e. The molecule has 0 radical (unpaired) electrons. The van der Waals surface area contributed by atoms with Gasteiger partial charge in [-0.15, -0.1) is 0 Å². The first-order valence-electron chi connectivity index (χ1n) is 6.12. The number of hydrogen-bond donors (Lipinski definition) is 1. The second-order valence-electron chi connectivity index (χ2n) is 4.42. The van der Waals surface area contributed by atoms with E-state index in [-0.39, 0.29) is 11.6 Å². The summed E-state index contributed by atoms with van der Waals surface area (Å²) in [5.74, 6) is -0.791. The minimum Gasteiger partial charge on any atom is -0.319 e. The van der Waals surface area contributed by atoms with E-state index in [9.17, 15) is 9.18 Å². The lowest BCUT2D eigenvalue weighted by atomic mass is 10.2. The molecule has 0 aliphatic carbocycles. The maximum absolute atomic E-state index is 13.6. The normalized spacial score (nSPS) is 10.5. The summed E-state index contributed by atoms with van der Waals surface area (Å²) in [5.41, 5.74) is 2.17. The van der Waals surface area contributed by atoms with Gasteiger partial charge in [0.25, 0.3) is 5.91 Å². The molecule has 0 saturated heterocycles. The number of benzene rings is 1. The van der Waals surface area contributed by atoms with E-state index in [0.29, 0.717) is 17.8 Å². The van der Waals surface area contributed by atoms with Crippen LogP contribution in [-0.2, 0) is 6.54 Å². The van der Waals surface area contributed by atoms with Crippen molar-refractivity contribution in [1.82, 2.24) is 9.78 Å². The Hall–Kier alpha value is -2.17. The van der Waals surface area contributed by atoms with Gasteiger partial charge in [0.05, 0.1) is 16.9 Å². The van der Waals surface area contributed by atoms with Crippen LogP contribution in [0.1, 0.15) is 28.5 Å². The zero-order chi connectivity index (χ0) is 14.0. The number of carbonyl (C=O) groups excluding carboxylic acids is 1. The fourth-order valence-electron chi connectivity index (χ4n) is 1.83. The third kappa shape index (κ3) is 2.81. The Bertz CT molecular complexity index is 619. The lowest BCUT2D eigenvalue weighted by molar-refractivity contribution is 0.102. The van der Waals surface area contributed by atoms with Crippen molar-refractivity contribution in [3.63, 3.8) is 0 Å². The highest BCUT2D eigenvalue weighted by molar-refractivity contribution is 6.04. The van der Waals surface area contributed by atoms with Crippen LogP contribution < -0.4 is 5.32 Å². The lowest BCUT2D eigenvalue weighted by Crippen LogP contribution is -2.13. The highest BCUT2D eigenvalue weighted by Gasteiger charge is 2.14. The number of aromatic nitrogens is 2. The zero-order valence-electron chi connectivity index (χ0n) is 11.2. The van der Waals surface area contributed by atoms with Crippen molar-refractivity contribution in [2.24, 2.45) is 0 Å². The number of anilines is 1. The molecule has 0 aliphatic heterocycles. The van der Waals surface area contributed by atoms with Gasteiger partial charge in [0.15, 0.2) is 0 Å². The van der Waals surface area contributed by atoms with E-state index >= 15 is 0 Å². The maximum atomic E-state index is 13.6. The van der Waals surface area contributed by atoms with E-state index in [4.69, 9.17) is 0 Å². The van der Waals surface area contributed by atoms with Gasteiger partial charge in [0, 0.05) is 12.7 Å². The summed E-state index contributed by atoms with van der Waals surface area (Å²) in [4.78, 5) is 12.1. The van der Waals surface area contributed by atoms with E-state index in [1.54, 1.807) is 29.9 Å². The topological polar surface area (TPSA) is 46.9 Å². The molecule has 0 aliphatic rings. The van der Waals surface area contributed by atoms with Gasteiger partial charge < -0.3 is 5.32 Å². The fraction of sp³-hybridized carbons (Fsp3) is 0.286. The largest absolute Gasteiger partial charge is 0.319 e. The molecular weight excluding hydrogens is 245 g/mol. The van der Waals surface area contributed by atoms with Gasteiger partial charge in [-0.3, -0.25) is 9.48 Å². The van der Waals surface area contributed by atoms with Gasteiger partial charge >= 0.3 is 0 Å². The monoisotopic (exact) mass is 261 g/mol. The van der Waals surface area contributed by atoms with Crippen LogP contribution in [0.3, 0.4) is 0 Å². The molecule has 4 nitrogen and oxygen atoms in total. The highest BCUT2D eigenvalue weighted by atomic mass is 19.1. The molecule has 100 valence electrons. The minimum absolute atomic E-state index is 0.189. The Labute approximate surface area is 111 Å². The van der Waals surface area contributed by atoms with Crippen LogP contribution in [0.4, 0.5) is 10.1 Å². The van der Waals surface area contributed by atoms with E-state index in [1.165, 1.54) is 6.07 Å². The van der Waals surface area contributed by atoms with E-state index in [1.807, 2.05) is 13.8 Å². The summed E-state index contributed by atoms with van der Waals surface area (Å²) in [7, 11) is 0. The Morgan fingerprint density at radius 2 is 2.16 bits per heavy atom. The van der Waals surface area contributed by atoms with Gasteiger partial charge in [-0.05, 0) is 38.5 Å². The average Bonchev–Trinajstić information content (AvgIpc) is 2.75. The summed E-state index contributed by atoms with van der Waals surface area (Å²) in [5, 5.41) is 6.77. The quantitative estimate of drug-likeness (QED) is 0.923. The molecule has 0 fully saturated rings. The summed E-state index contributed by atoms with van der Waals surface area (Å²) in [6.45, 7) is 6.23. The molecule has 1 N–H and O–H groups in total. The second kappa shape index (κ2) is 5.22. The lowest BCUT2D eigenvalue weighted by Gasteiger charge is -2.06. The number of aryl methyl sites for hydroxylation is 3. The Morgan fingerprint density at radius 1 is 1.42 bits per heavy atom. The molecule has 0 unspecified atom stereocenters. The van der Waals surface area contributed by atoms with Crippen LogP contribution in [0.15, 0.2) is 24.4 Å². The molecule has 5 heteroatoms. The minimum atomic E-state index is -0.445. The summed E-state index contributed by atoms with van der Waals surface area (Å²) >= 11 is 0. The SMILES string of the molecule is CCn1cc(C(=O)Nc2cc(C)ccc2F)c(C)n1. The summed E-state index contributed by atoms with van der Waals surface area (Å²) in [6.07, 6.45) is 1.67. The second-order valence-corrected chi connectivity index (χ2v) is 4.42. The first-order chi connectivity index (χ1) is 9.01. The zero-order valence-corrected chi connectivity index (χ0v) is 11.2. The number of amides is 1. The highest BCUT2D eigenvalue weighted by Crippen LogP contribution is 2.17. The number of nitrogens with one attached hydrogen (secondary N) is 1. The predicted molar refractivity (Wildman–Crippen MR) is 71.7 cm³/mol. The van der Waals surface area contributed by atoms with Crippen molar-refractivity contribution in [1.29, 1.82) is 0 Å². The van der Waals surface area contributed by atoms with Crippen LogP contribution in [0.25, 0.3) is 0 Å². The predicted octanol–water partition coefficient (Wildman–Crippen LogP) is 2.91. The van der Waals surface area contributed by atoms with Crippen molar-refractivity contribution >= 4 is 11.6 Å². The molecule has 0 saturated carbocycles. The number of hydrogen-bond acceptors (Lipinski definition) is 2. The Balaban J connectivity index is 2.25. The number of rotatable bonds is 3. The smallest absolute Gasteiger partial charge is 0.259 e. The van der Waals surface area contributed by atoms with Crippen LogP contribution in [0, 0.1) is 19.7 Å². The third-order valence-corrected chi connectivity index (χ3v) is 2.89. The van der Waals surface area contributed by atoms with E-state index in [0.717, 1.165) is 5.56 Å². The van der Waals surface area contributed by atoms with Gasteiger partial charge in [-0.1, -0.05) is 6.07 Å². The number of nitrogens with zero attached hydrogens (tertiary/aromatic N) is 2. The van der Waals surface area contributed by atoms with Gasteiger partial charge in [0.1, 0.15) is 5.82 Å². The van der Waals surface area contributed by atoms with Gasteiger partial charge in [0.2, 0.25) is 0 Å². The summed E-state index contributed by atoms with van der Waals surface area (Å²) in [6, 6.07) is 4.60. The molecule has 1 heterocycles. The van der Waals surface area contributed by atoms with Crippen molar-refractivity contribution in [2.75, 3.05) is 5.32 Å². The van der Waals surface area contributed by atoms with Gasteiger partial charge in [-0.2, -0.15) is 5.10 Å². The molecule has 2 rings (SSSR count). The van der Waals surface area contributed by atoms with Crippen LogP contribution in [0.5, 0.6) is 0 Å². The standard InChI is InChI=1S/C14H16FN3O/c1-4-18-8-11(10(3)17-18)14(19)16-13-7-9(2)5-6-12(13)15/h5-8H,4H2,1-3H3,(H,16,19). The van der Waals surface area contributed by atoms with Crippen molar-refractivity contribution in [2.45, 2.75) is 27.3 Å². The van der Waals surface area contributed by atoms with E-state index in [2.05, 4.69) is 10.4 Å². The van der Waals surface area contributed by atoms with Crippen molar-refractivity contribution in [3.05, 3.63) is 47.0 Å². The molecule has 2 aromatic rings. The first kappa shape index (κ1) is 13.3. The van der Waals surface area contributed by atoms with Crippen LogP contribution >= 0.6 is 0 Å². The molecule has 0 spiro atoms.